The van der Waals surface area contributed by atoms with E-state index in [9.17, 15) is 13.2 Å². The van der Waals surface area contributed by atoms with E-state index in [2.05, 4.69) is 9.72 Å². The summed E-state index contributed by atoms with van der Waals surface area (Å²) in [6.07, 6.45) is -3.76. The summed E-state index contributed by atoms with van der Waals surface area (Å²) in [5.41, 5.74) is 0.151. The number of alkyl halides is 3. The maximum absolute atomic E-state index is 11.9. The van der Waals surface area contributed by atoms with Gasteiger partial charge < -0.3 is 4.74 Å². The first-order valence-corrected chi connectivity index (χ1v) is 4.78. The molecule has 0 fully saturated rings. The first kappa shape index (κ1) is 12.0. The minimum atomic E-state index is -4.79. The zero-order valence-electron chi connectivity index (χ0n) is 7.18. The lowest BCUT2D eigenvalue weighted by atomic mass is 10.2. The van der Waals surface area contributed by atoms with E-state index in [0.717, 1.165) is 0 Å². The first-order valence-electron chi connectivity index (χ1n) is 3.70. The Morgan fingerprint density at radius 1 is 1.53 bits per heavy atom. The van der Waals surface area contributed by atoms with Crippen molar-refractivity contribution in [2.45, 2.75) is 12.8 Å². The third kappa shape index (κ3) is 3.54. The number of ether oxygens (including phenoxy) is 1. The first-order chi connectivity index (χ1) is 6.94. The predicted octanol–water partition coefficient (Wildman–Crippen LogP) is 2.65. The Bertz CT molecular complexity index is 400. The highest BCUT2D eigenvalue weighted by molar-refractivity contribution is 14.1. The van der Waals surface area contributed by atoms with Crippen LogP contribution in [0.4, 0.5) is 13.2 Å². The number of pyridine rings is 1. The smallest absolute Gasteiger partial charge is 0.388 e. The topological polar surface area (TPSA) is 45.9 Å². The monoisotopic (exact) mass is 328 g/mol. The largest absolute Gasteiger partial charge is 0.574 e. The molecule has 3 nitrogen and oxygen atoms in total. The fourth-order valence-electron chi connectivity index (χ4n) is 0.888. The molecule has 0 atom stereocenters. The molecule has 1 aromatic rings. The van der Waals surface area contributed by atoms with Crippen molar-refractivity contribution in [3.63, 3.8) is 0 Å². The van der Waals surface area contributed by atoms with Crippen LogP contribution < -0.4 is 4.74 Å². The molecule has 7 heteroatoms. The van der Waals surface area contributed by atoms with Gasteiger partial charge in [-0.3, -0.25) is 0 Å². The Kier molecular flexibility index (Phi) is 3.73. The van der Waals surface area contributed by atoms with Crippen LogP contribution in [0.25, 0.3) is 0 Å². The van der Waals surface area contributed by atoms with E-state index in [0.29, 0.717) is 3.57 Å². The van der Waals surface area contributed by atoms with Gasteiger partial charge in [-0.2, -0.15) is 5.26 Å². The fraction of sp³-hybridized carbons (Fsp3) is 0.250. The van der Waals surface area contributed by atoms with Crippen molar-refractivity contribution in [2.24, 2.45) is 0 Å². The van der Waals surface area contributed by atoms with Gasteiger partial charge in [0.15, 0.2) is 0 Å². The maximum Gasteiger partial charge on any atom is 0.574 e. The second-order valence-electron chi connectivity index (χ2n) is 2.46. The molecule has 0 amide bonds. The molecule has 0 aromatic carbocycles. The zero-order chi connectivity index (χ0) is 11.5. The Morgan fingerprint density at radius 2 is 2.20 bits per heavy atom. The lowest BCUT2D eigenvalue weighted by Crippen LogP contribution is -2.19. The molecule has 1 rings (SSSR count). The van der Waals surface area contributed by atoms with Crippen LogP contribution in [0, 0.1) is 14.9 Å². The molecule has 0 aliphatic carbocycles. The van der Waals surface area contributed by atoms with Crippen molar-refractivity contribution in [1.82, 2.24) is 4.98 Å². The summed E-state index contributed by atoms with van der Waals surface area (Å²) in [7, 11) is 0. The summed E-state index contributed by atoms with van der Waals surface area (Å²) in [5, 5.41) is 8.45. The van der Waals surface area contributed by atoms with Crippen molar-refractivity contribution < 1.29 is 17.9 Å². The van der Waals surface area contributed by atoms with Crippen LogP contribution in [0.5, 0.6) is 5.88 Å². The predicted molar refractivity (Wildman–Crippen MR) is 53.0 cm³/mol. The van der Waals surface area contributed by atoms with E-state index in [1.165, 1.54) is 12.3 Å². The van der Waals surface area contributed by atoms with Crippen LogP contribution in [0.1, 0.15) is 5.56 Å². The van der Waals surface area contributed by atoms with Gasteiger partial charge in [0.2, 0.25) is 5.88 Å². The van der Waals surface area contributed by atoms with E-state index < -0.39 is 12.2 Å². The summed E-state index contributed by atoms with van der Waals surface area (Å²) >= 11 is 1.82. The SMILES string of the molecule is N#CCc1c(I)ccnc1OC(F)(F)F. The van der Waals surface area contributed by atoms with E-state index in [4.69, 9.17) is 5.26 Å². The third-order valence-electron chi connectivity index (χ3n) is 1.43. The van der Waals surface area contributed by atoms with Gasteiger partial charge in [0.25, 0.3) is 0 Å². The van der Waals surface area contributed by atoms with Crippen molar-refractivity contribution in [1.29, 1.82) is 5.26 Å². The van der Waals surface area contributed by atoms with Gasteiger partial charge in [-0.1, -0.05) is 0 Å². The molecule has 80 valence electrons. The van der Waals surface area contributed by atoms with Gasteiger partial charge in [0.05, 0.1) is 12.5 Å². The van der Waals surface area contributed by atoms with Gasteiger partial charge in [-0.15, -0.1) is 13.2 Å². The summed E-state index contributed by atoms with van der Waals surface area (Å²) in [5.74, 6) is -0.559. The Morgan fingerprint density at radius 3 is 2.73 bits per heavy atom. The van der Waals surface area contributed by atoms with Crippen LogP contribution in [0.2, 0.25) is 0 Å². The highest BCUT2D eigenvalue weighted by Crippen LogP contribution is 2.27. The summed E-state index contributed by atoms with van der Waals surface area (Å²) in [6, 6.07) is 3.27. The molecule has 0 radical (unpaired) electrons. The molecule has 0 aliphatic heterocycles. The number of hydrogen-bond donors (Lipinski definition) is 0. The van der Waals surface area contributed by atoms with Crippen molar-refractivity contribution in [3.05, 3.63) is 21.4 Å². The standard InChI is InChI=1S/C8H4F3IN2O/c9-8(10,11)15-7-5(1-3-13)6(12)2-4-14-7/h2,4H,1H2. The molecule has 0 spiro atoms. The van der Waals surface area contributed by atoms with E-state index in [1.807, 2.05) is 22.6 Å². The molecule has 0 saturated carbocycles. The Balaban J connectivity index is 3.07. The highest BCUT2D eigenvalue weighted by atomic mass is 127. The van der Waals surface area contributed by atoms with Gasteiger partial charge in [0.1, 0.15) is 0 Å². The second-order valence-corrected chi connectivity index (χ2v) is 3.62. The lowest BCUT2D eigenvalue weighted by molar-refractivity contribution is -0.276. The van der Waals surface area contributed by atoms with Gasteiger partial charge in [-0.05, 0) is 28.7 Å². The van der Waals surface area contributed by atoms with Crippen LogP contribution in [0.3, 0.4) is 0 Å². The summed E-state index contributed by atoms with van der Waals surface area (Å²) in [6.45, 7) is 0. The lowest BCUT2D eigenvalue weighted by Gasteiger charge is -2.11. The molecule has 1 heterocycles. The van der Waals surface area contributed by atoms with Crippen LogP contribution in [-0.4, -0.2) is 11.3 Å². The molecule has 1 aromatic heterocycles. The van der Waals surface area contributed by atoms with Gasteiger partial charge in [0, 0.05) is 15.3 Å². The number of halogens is 4. The summed E-state index contributed by atoms with van der Waals surface area (Å²) < 4.78 is 40.1. The molecule has 0 N–H and O–H groups in total. The van der Waals surface area contributed by atoms with Crippen molar-refractivity contribution >= 4 is 22.6 Å². The number of hydrogen-bond acceptors (Lipinski definition) is 3. The molecule has 0 bridgehead atoms. The quantitative estimate of drug-likeness (QED) is 0.784. The number of nitrogens with zero attached hydrogens (tertiary/aromatic N) is 2. The van der Waals surface area contributed by atoms with E-state index >= 15 is 0 Å². The highest BCUT2D eigenvalue weighted by Gasteiger charge is 2.33. The summed E-state index contributed by atoms with van der Waals surface area (Å²) in [4.78, 5) is 3.45. The zero-order valence-corrected chi connectivity index (χ0v) is 9.33. The van der Waals surface area contributed by atoms with Gasteiger partial charge >= 0.3 is 6.36 Å². The molecule has 0 unspecified atom stereocenters. The van der Waals surface area contributed by atoms with Crippen LogP contribution in [0.15, 0.2) is 12.3 Å². The van der Waals surface area contributed by atoms with Crippen LogP contribution in [-0.2, 0) is 6.42 Å². The van der Waals surface area contributed by atoms with Crippen molar-refractivity contribution in [3.8, 4) is 11.9 Å². The second kappa shape index (κ2) is 4.65. The average molecular weight is 328 g/mol. The number of rotatable bonds is 2. The fourth-order valence-corrected chi connectivity index (χ4v) is 1.47. The maximum atomic E-state index is 11.9. The molecular weight excluding hydrogens is 324 g/mol. The molecule has 15 heavy (non-hydrogen) atoms. The molecule has 0 aliphatic rings. The number of nitriles is 1. The Labute approximate surface area is 97.0 Å². The molecular formula is C8H4F3IN2O. The van der Waals surface area contributed by atoms with Crippen LogP contribution >= 0.6 is 22.6 Å². The van der Waals surface area contributed by atoms with Gasteiger partial charge in [-0.25, -0.2) is 4.98 Å². The minimum Gasteiger partial charge on any atom is -0.388 e. The van der Waals surface area contributed by atoms with E-state index in [-0.39, 0.29) is 12.0 Å². The third-order valence-corrected chi connectivity index (χ3v) is 2.44. The number of aromatic nitrogens is 1. The van der Waals surface area contributed by atoms with Crippen molar-refractivity contribution in [2.75, 3.05) is 0 Å². The minimum absolute atomic E-state index is 0.151. The van der Waals surface area contributed by atoms with E-state index in [1.54, 1.807) is 6.07 Å². The molecule has 0 saturated heterocycles. The normalized spacial score (nSPS) is 10.9. The average Bonchev–Trinajstić information content (AvgIpc) is 2.08. The Hall–Kier alpha value is -1.04.